The zero-order chi connectivity index (χ0) is 15.0. The van der Waals surface area contributed by atoms with Gasteiger partial charge in [0.1, 0.15) is 0 Å². The standard InChI is InChI=1S/C14H27N3O3/c1-3-5-14(12(18)19)6-10-17(11-7-14)13(20)16-9-4-8-15-2/h15H,3-11H2,1-2H3,(H,16,20)(H,18,19). The van der Waals surface area contributed by atoms with Gasteiger partial charge in [0.2, 0.25) is 0 Å². The summed E-state index contributed by atoms with van der Waals surface area (Å²) < 4.78 is 0. The van der Waals surface area contributed by atoms with E-state index in [1.54, 1.807) is 4.90 Å². The fraction of sp³-hybridized carbons (Fsp3) is 0.857. The van der Waals surface area contributed by atoms with Crippen LogP contribution in [0, 0.1) is 5.41 Å². The summed E-state index contributed by atoms with van der Waals surface area (Å²) in [7, 11) is 1.88. The van der Waals surface area contributed by atoms with Crippen molar-refractivity contribution in [2.75, 3.05) is 33.2 Å². The Morgan fingerprint density at radius 2 is 1.90 bits per heavy atom. The molecule has 0 aromatic rings. The molecule has 0 radical (unpaired) electrons. The first-order valence-corrected chi connectivity index (χ1v) is 7.46. The second-order valence-electron chi connectivity index (χ2n) is 5.51. The number of carbonyl (C=O) groups excluding carboxylic acids is 1. The average molecular weight is 285 g/mol. The maximum absolute atomic E-state index is 11.9. The van der Waals surface area contributed by atoms with Crippen molar-refractivity contribution in [1.29, 1.82) is 0 Å². The predicted octanol–water partition coefficient (Wildman–Crippen LogP) is 1.27. The van der Waals surface area contributed by atoms with E-state index in [0.717, 1.165) is 19.4 Å². The van der Waals surface area contributed by atoms with Crippen LogP contribution in [0.1, 0.15) is 39.0 Å². The predicted molar refractivity (Wildman–Crippen MR) is 77.7 cm³/mol. The second-order valence-corrected chi connectivity index (χ2v) is 5.51. The summed E-state index contributed by atoms with van der Waals surface area (Å²) in [6, 6.07) is -0.0726. The van der Waals surface area contributed by atoms with Gasteiger partial charge in [0.25, 0.3) is 0 Å². The monoisotopic (exact) mass is 285 g/mol. The van der Waals surface area contributed by atoms with Crippen LogP contribution < -0.4 is 10.6 Å². The molecule has 0 saturated carbocycles. The summed E-state index contributed by atoms with van der Waals surface area (Å²) in [5, 5.41) is 15.3. The first-order chi connectivity index (χ1) is 9.55. The third-order valence-corrected chi connectivity index (χ3v) is 4.07. The highest BCUT2D eigenvalue weighted by atomic mass is 16.4. The van der Waals surface area contributed by atoms with E-state index in [1.807, 2.05) is 14.0 Å². The average Bonchev–Trinajstić information content (AvgIpc) is 2.44. The van der Waals surface area contributed by atoms with Crippen molar-refractivity contribution in [3.05, 3.63) is 0 Å². The van der Waals surface area contributed by atoms with Crippen molar-refractivity contribution in [2.24, 2.45) is 5.41 Å². The van der Waals surface area contributed by atoms with Crippen molar-refractivity contribution in [3.63, 3.8) is 0 Å². The van der Waals surface area contributed by atoms with Gasteiger partial charge in [-0.1, -0.05) is 13.3 Å². The number of urea groups is 1. The fourth-order valence-electron chi connectivity index (χ4n) is 2.76. The molecular formula is C14H27N3O3. The Morgan fingerprint density at radius 3 is 2.40 bits per heavy atom. The van der Waals surface area contributed by atoms with Gasteiger partial charge in [-0.2, -0.15) is 0 Å². The number of carbonyl (C=O) groups is 2. The van der Waals surface area contributed by atoms with Crippen molar-refractivity contribution in [2.45, 2.75) is 39.0 Å². The van der Waals surface area contributed by atoms with Crippen molar-refractivity contribution < 1.29 is 14.7 Å². The van der Waals surface area contributed by atoms with Crippen molar-refractivity contribution >= 4 is 12.0 Å². The van der Waals surface area contributed by atoms with Gasteiger partial charge in [-0.25, -0.2) is 4.79 Å². The fourth-order valence-corrected chi connectivity index (χ4v) is 2.76. The Bertz CT molecular complexity index is 326. The maximum atomic E-state index is 11.9. The van der Waals surface area contributed by atoms with Gasteiger partial charge in [0, 0.05) is 19.6 Å². The molecule has 3 N–H and O–H groups in total. The summed E-state index contributed by atoms with van der Waals surface area (Å²) >= 11 is 0. The van der Waals surface area contributed by atoms with Crippen molar-refractivity contribution in [1.82, 2.24) is 15.5 Å². The summed E-state index contributed by atoms with van der Waals surface area (Å²) in [5.41, 5.74) is -0.627. The molecule has 6 nitrogen and oxygen atoms in total. The van der Waals surface area contributed by atoms with Gasteiger partial charge in [0.15, 0.2) is 0 Å². The van der Waals surface area contributed by atoms with Gasteiger partial charge < -0.3 is 20.6 Å². The zero-order valence-electron chi connectivity index (χ0n) is 12.6. The lowest BCUT2D eigenvalue weighted by molar-refractivity contribution is -0.152. The third-order valence-electron chi connectivity index (χ3n) is 4.07. The molecule has 6 heteroatoms. The Balaban J connectivity index is 2.40. The Kier molecular flexibility index (Phi) is 6.78. The third kappa shape index (κ3) is 4.37. The molecule has 1 heterocycles. The maximum Gasteiger partial charge on any atom is 0.317 e. The number of piperidine rings is 1. The minimum absolute atomic E-state index is 0.0726. The van der Waals surface area contributed by atoms with E-state index in [0.29, 0.717) is 38.9 Å². The second kappa shape index (κ2) is 8.09. The van der Waals surface area contributed by atoms with Gasteiger partial charge in [-0.3, -0.25) is 4.79 Å². The summed E-state index contributed by atoms with van der Waals surface area (Å²) in [4.78, 5) is 25.1. The zero-order valence-corrected chi connectivity index (χ0v) is 12.6. The summed E-state index contributed by atoms with van der Waals surface area (Å²) in [6.45, 7) is 4.59. The van der Waals surface area contributed by atoms with E-state index < -0.39 is 11.4 Å². The number of rotatable bonds is 7. The molecule has 0 aliphatic carbocycles. The van der Waals surface area contributed by atoms with Crippen LogP contribution in [0.5, 0.6) is 0 Å². The van der Waals surface area contributed by atoms with Crippen molar-refractivity contribution in [3.8, 4) is 0 Å². The molecule has 0 aromatic carbocycles. The van der Waals surface area contributed by atoms with Crippen LogP contribution in [0.3, 0.4) is 0 Å². The van der Waals surface area contributed by atoms with Gasteiger partial charge in [0.05, 0.1) is 5.41 Å². The molecule has 0 atom stereocenters. The minimum atomic E-state index is -0.714. The Morgan fingerprint density at radius 1 is 1.25 bits per heavy atom. The lowest BCUT2D eigenvalue weighted by atomic mass is 9.75. The smallest absolute Gasteiger partial charge is 0.317 e. The quantitative estimate of drug-likeness (QED) is 0.615. The molecule has 116 valence electrons. The molecule has 1 rings (SSSR count). The lowest BCUT2D eigenvalue weighted by Crippen LogP contribution is -2.49. The molecule has 1 fully saturated rings. The van der Waals surface area contributed by atoms with Crippen LogP contribution in [-0.4, -0.2) is 55.2 Å². The number of hydrogen-bond donors (Lipinski definition) is 3. The first-order valence-electron chi connectivity index (χ1n) is 7.46. The Labute approximate surface area is 120 Å². The molecule has 0 spiro atoms. The van der Waals surface area contributed by atoms with Crippen LogP contribution in [0.4, 0.5) is 4.79 Å². The largest absolute Gasteiger partial charge is 0.481 e. The van der Waals surface area contributed by atoms with Crippen LogP contribution in [0.15, 0.2) is 0 Å². The van der Waals surface area contributed by atoms with E-state index in [-0.39, 0.29) is 6.03 Å². The molecule has 0 aromatic heterocycles. The molecule has 20 heavy (non-hydrogen) atoms. The number of hydrogen-bond acceptors (Lipinski definition) is 3. The molecule has 0 unspecified atom stereocenters. The highest BCUT2D eigenvalue weighted by Crippen LogP contribution is 2.36. The molecule has 1 saturated heterocycles. The normalized spacial score (nSPS) is 17.8. The first kappa shape index (κ1) is 16.8. The summed E-state index contributed by atoms with van der Waals surface area (Å²) in [6.07, 6.45) is 3.56. The molecule has 1 aliphatic rings. The molecule has 0 bridgehead atoms. The topological polar surface area (TPSA) is 81.7 Å². The van der Waals surface area contributed by atoms with Gasteiger partial charge >= 0.3 is 12.0 Å². The SMILES string of the molecule is CCCC1(C(=O)O)CCN(C(=O)NCCCNC)CC1. The number of carboxylic acids is 1. The number of nitrogens with one attached hydrogen (secondary N) is 2. The highest BCUT2D eigenvalue weighted by Gasteiger charge is 2.41. The van der Waals surface area contributed by atoms with Crippen LogP contribution in [0.2, 0.25) is 0 Å². The van der Waals surface area contributed by atoms with Gasteiger partial charge in [-0.15, -0.1) is 0 Å². The lowest BCUT2D eigenvalue weighted by Gasteiger charge is -2.38. The number of aliphatic carboxylic acids is 1. The number of likely N-dealkylation sites (tertiary alicyclic amines) is 1. The van der Waals surface area contributed by atoms with Gasteiger partial charge in [-0.05, 0) is 39.3 Å². The number of amides is 2. The van der Waals surface area contributed by atoms with Crippen LogP contribution in [0.25, 0.3) is 0 Å². The highest BCUT2D eigenvalue weighted by molar-refractivity contribution is 5.77. The minimum Gasteiger partial charge on any atom is -0.481 e. The number of nitrogens with zero attached hydrogens (tertiary/aromatic N) is 1. The number of carboxylic acid groups (broad SMARTS) is 1. The van der Waals surface area contributed by atoms with Crippen LogP contribution >= 0.6 is 0 Å². The summed E-state index contributed by atoms with van der Waals surface area (Å²) in [5.74, 6) is -0.714. The molecular weight excluding hydrogens is 258 g/mol. The van der Waals surface area contributed by atoms with E-state index in [1.165, 1.54) is 0 Å². The van der Waals surface area contributed by atoms with E-state index in [9.17, 15) is 14.7 Å². The Hall–Kier alpha value is -1.30. The molecule has 1 aliphatic heterocycles. The molecule has 2 amide bonds. The van der Waals surface area contributed by atoms with E-state index in [4.69, 9.17) is 0 Å². The van der Waals surface area contributed by atoms with E-state index >= 15 is 0 Å². The van der Waals surface area contributed by atoms with Crippen LogP contribution in [-0.2, 0) is 4.79 Å². The van der Waals surface area contributed by atoms with E-state index in [2.05, 4.69) is 10.6 Å².